The Morgan fingerprint density at radius 3 is 2.67 bits per heavy atom. The average molecular weight is 246 g/mol. The van der Waals surface area contributed by atoms with Gasteiger partial charge in [0.25, 0.3) is 0 Å². The van der Waals surface area contributed by atoms with Crippen LogP contribution < -0.4 is 11.3 Å². The molecule has 0 aliphatic heterocycles. The van der Waals surface area contributed by atoms with Crippen LogP contribution in [0.3, 0.4) is 0 Å². The van der Waals surface area contributed by atoms with Gasteiger partial charge in [0, 0.05) is 18.2 Å². The van der Waals surface area contributed by atoms with Crippen LogP contribution in [0.1, 0.15) is 38.1 Å². The summed E-state index contributed by atoms with van der Waals surface area (Å²) < 4.78 is 5.66. The number of furan rings is 1. The van der Waals surface area contributed by atoms with E-state index in [1.807, 2.05) is 25.1 Å². The van der Waals surface area contributed by atoms with Crippen LogP contribution in [0.25, 0.3) is 11.6 Å². The molecule has 3 N–H and O–H groups in total. The maximum atomic E-state index is 5.66. The molecular weight excluding hydrogens is 228 g/mol. The van der Waals surface area contributed by atoms with Gasteiger partial charge < -0.3 is 9.84 Å². The second kappa shape index (κ2) is 5.18. The maximum absolute atomic E-state index is 5.66. The highest BCUT2D eigenvalue weighted by Gasteiger charge is 2.12. The van der Waals surface area contributed by atoms with Crippen molar-refractivity contribution < 1.29 is 4.42 Å². The van der Waals surface area contributed by atoms with E-state index in [-0.39, 0.29) is 0 Å². The lowest BCUT2D eigenvalue weighted by atomic mass is 10.1. The SMILES string of the molecule is CCc1ccc(-c2nc(NN)cc(C(C)C)n2)o1. The average Bonchev–Trinajstić information content (AvgIpc) is 2.86. The van der Waals surface area contributed by atoms with Gasteiger partial charge in [-0.3, -0.25) is 0 Å². The van der Waals surface area contributed by atoms with Crippen molar-refractivity contribution in [2.75, 3.05) is 5.43 Å². The molecule has 0 radical (unpaired) electrons. The van der Waals surface area contributed by atoms with Crippen molar-refractivity contribution in [1.29, 1.82) is 0 Å². The van der Waals surface area contributed by atoms with Gasteiger partial charge in [-0.1, -0.05) is 20.8 Å². The first-order valence-electron chi connectivity index (χ1n) is 6.08. The van der Waals surface area contributed by atoms with E-state index in [0.717, 1.165) is 17.9 Å². The van der Waals surface area contributed by atoms with Crippen LogP contribution in [-0.4, -0.2) is 9.97 Å². The monoisotopic (exact) mass is 246 g/mol. The number of aromatic nitrogens is 2. The molecule has 0 atom stereocenters. The number of rotatable bonds is 4. The number of nitrogens with one attached hydrogen (secondary N) is 1. The molecular formula is C13H18N4O. The quantitative estimate of drug-likeness (QED) is 0.640. The third kappa shape index (κ3) is 2.51. The molecule has 0 spiro atoms. The van der Waals surface area contributed by atoms with E-state index in [1.165, 1.54) is 0 Å². The molecule has 0 saturated heterocycles. The number of nitrogens with zero attached hydrogens (tertiary/aromatic N) is 2. The number of aryl methyl sites for hydroxylation is 1. The summed E-state index contributed by atoms with van der Waals surface area (Å²) in [5.41, 5.74) is 3.49. The smallest absolute Gasteiger partial charge is 0.197 e. The van der Waals surface area contributed by atoms with E-state index in [2.05, 4.69) is 29.2 Å². The standard InChI is InChI=1S/C13H18N4O/c1-4-9-5-6-11(18-9)13-15-10(8(2)3)7-12(16-13)17-14/h5-8H,4,14H2,1-3H3,(H,15,16,17). The Labute approximate surface area is 106 Å². The highest BCUT2D eigenvalue weighted by atomic mass is 16.3. The van der Waals surface area contributed by atoms with E-state index >= 15 is 0 Å². The zero-order valence-electron chi connectivity index (χ0n) is 10.9. The molecule has 0 fully saturated rings. The summed E-state index contributed by atoms with van der Waals surface area (Å²) in [5.74, 6) is 8.48. The van der Waals surface area contributed by atoms with Gasteiger partial charge in [-0.05, 0) is 18.1 Å². The number of hydrogen-bond donors (Lipinski definition) is 2. The van der Waals surface area contributed by atoms with Gasteiger partial charge in [-0.25, -0.2) is 15.8 Å². The largest absolute Gasteiger partial charge is 0.458 e. The number of nitrogens with two attached hydrogens (primary N) is 1. The van der Waals surface area contributed by atoms with Gasteiger partial charge in [0.1, 0.15) is 11.6 Å². The summed E-state index contributed by atoms with van der Waals surface area (Å²) in [4.78, 5) is 8.81. The molecule has 0 amide bonds. The molecule has 2 aromatic heterocycles. The maximum Gasteiger partial charge on any atom is 0.197 e. The van der Waals surface area contributed by atoms with Crippen molar-refractivity contribution in [3.05, 3.63) is 29.7 Å². The molecule has 0 aliphatic rings. The molecule has 18 heavy (non-hydrogen) atoms. The highest BCUT2D eigenvalue weighted by molar-refractivity contribution is 5.51. The normalized spacial score (nSPS) is 10.9. The summed E-state index contributed by atoms with van der Waals surface area (Å²) in [7, 11) is 0. The summed E-state index contributed by atoms with van der Waals surface area (Å²) in [6, 6.07) is 5.67. The molecule has 0 aromatic carbocycles. The van der Waals surface area contributed by atoms with Crippen molar-refractivity contribution in [3.63, 3.8) is 0 Å². The van der Waals surface area contributed by atoms with Crippen LogP contribution in [0.5, 0.6) is 0 Å². The summed E-state index contributed by atoms with van der Waals surface area (Å²) in [6.07, 6.45) is 0.853. The van der Waals surface area contributed by atoms with Gasteiger partial charge >= 0.3 is 0 Å². The van der Waals surface area contributed by atoms with Gasteiger partial charge in [0.2, 0.25) is 0 Å². The number of hydrogen-bond acceptors (Lipinski definition) is 5. The minimum Gasteiger partial charge on any atom is -0.458 e. The molecule has 0 aliphatic carbocycles. The second-order valence-electron chi connectivity index (χ2n) is 4.42. The third-order valence-corrected chi connectivity index (χ3v) is 2.72. The van der Waals surface area contributed by atoms with E-state index < -0.39 is 0 Å². The van der Waals surface area contributed by atoms with Crippen molar-refractivity contribution in [2.24, 2.45) is 5.84 Å². The fourth-order valence-corrected chi connectivity index (χ4v) is 1.63. The first-order chi connectivity index (χ1) is 8.63. The fraction of sp³-hybridized carbons (Fsp3) is 0.385. The highest BCUT2D eigenvalue weighted by Crippen LogP contribution is 2.23. The van der Waals surface area contributed by atoms with Gasteiger partial charge in [0.15, 0.2) is 11.6 Å². The lowest BCUT2D eigenvalue weighted by Gasteiger charge is -2.08. The van der Waals surface area contributed by atoms with Crippen LogP contribution >= 0.6 is 0 Å². The topological polar surface area (TPSA) is 77.0 Å². The second-order valence-corrected chi connectivity index (χ2v) is 4.42. The molecule has 0 saturated carbocycles. The van der Waals surface area contributed by atoms with Gasteiger partial charge in [0.05, 0.1) is 0 Å². The molecule has 96 valence electrons. The number of hydrazine groups is 1. The molecule has 2 heterocycles. The minimum absolute atomic E-state index is 0.305. The lowest BCUT2D eigenvalue weighted by molar-refractivity contribution is 0.525. The molecule has 0 bridgehead atoms. The van der Waals surface area contributed by atoms with Crippen LogP contribution in [-0.2, 0) is 6.42 Å². The fourth-order valence-electron chi connectivity index (χ4n) is 1.63. The predicted octanol–water partition coefficient (Wildman–Crippen LogP) is 2.71. The van der Waals surface area contributed by atoms with Crippen molar-refractivity contribution in [3.8, 4) is 11.6 Å². The van der Waals surface area contributed by atoms with E-state index in [0.29, 0.717) is 23.3 Å². The predicted molar refractivity (Wildman–Crippen MR) is 71.0 cm³/mol. The van der Waals surface area contributed by atoms with Crippen LogP contribution in [0.2, 0.25) is 0 Å². The Hall–Kier alpha value is -1.88. The zero-order valence-corrected chi connectivity index (χ0v) is 10.9. The Kier molecular flexibility index (Phi) is 3.62. The van der Waals surface area contributed by atoms with Gasteiger partial charge in [-0.15, -0.1) is 0 Å². The third-order valence-electron chi connectivity index (χ3n) is 2.72. The Morgan fingerprint density at radius 2 is 2.11 bits per heavy atom. The number of anilines is 1. The van der Waals surface area contributed by atoms with Crippen molar-refractivity contribution in [1.82, 2.24) is 9.97 Å². The lowest BCUT2D eigenvalue weighted by Crippen LogP contribution is -2.10. The molecule has 2 aromatic rings. The Morgan fingerprint density at radius 1 is 1.33 bits per heavy atom. The minimum atomic E-state index is 0.305. The van der Waals surface area contributed by atoms with Crippen LogP contribution in [0, 0.1) is 0 Å². The first kappa shape index (κ1) is 12.6. The van der Waals surface area contributed by atoms with Crippen molar-refractivity contribution >= 4 is 5.82 Å². The molecule has 5 nitrogen and oxygen atoms in total. The van der Waals surface area contributed by atoms with Crippen LogP contribution in [0.4, 0.5) is 5.82 Å². The molecule has 5 heteroatoms. The number of nitrogen functional groups attached to an aromatic ring is 1. The summed E-state index contributed by atoms with van der Waals surface area (Å²) in [5, 5.41) is 0. The first-order valence-corrected chi connectivity index (χ1v) is 6.08. The van der Waals surface area contributed by atoms with Gasteiger partial charge in [-0.2, -0.15) is 0 Å². The summed E-state index contributed by atoms with van der Waals surface area (Å²) in [6.45, 7) is 6.19. The van der Waals surface area contributed by atoms with E-state index in [4.69, 9.17) is 10.3 Å². The van der Waals surface area contributed by atoms with Crippen molar-refractivity contribution in [2.45, 2.75) is 33.1 Å². The Balaban J connectivity index is 2.45. The molecule has 0 unspecified atom stereocenters. The summed E-state index contributed by atoms with van der Waals surface area (Å²) >= 11 is 0. The van der Waals surface area contributed by atoms with E-state index in [9.17, 15) is 0 Å². The zero-order chi connectivity index (χ0) is 13.1. The van der Waals surface area contributed by atoms with Crippen LogP contribution in [0.15, 0.2) is 22.6 Å². The Bertz CT molecular complexity index is 534. The molecule has 2 rings (SSSR count). The van der Waals surface area contributed by atoms with E-state index in [1.54, 1.807) is 0 Å².